The Balaban J connectivity index is 2.83. The van der Waals surface area contributed by atoms with E-state index in [1.165, 1.54) is 0 Å². The fourth-order valence-corrected chi connectivity index (χ4v) is 2.33. The number of piperazine rings is 1. The van der Waals surface area contributed by atoms with Crippen molar-refractivity contribution in [2.75, 3.05) is 32.8 Å². The lowest BCUT2D eigenvalue weighted by Crippen LogP contribution is -2.55. The van der Waals surface area contributed by atoms with Gasteiger partial charge in [-0.2, -0.15) is 0 Å². The smallest absolute Gasteiger partial charge is 0.323 e. The molecule has 1 fully saturated rings. The predicted octanol–water partition coefficient (Wildman–Crippen LogP) is 1.51. The third-order valence-electron chi connectivity index (χ3n) is 3.91. The quantitative estimate of drug-likeness (QED) is 0.774. The summed E-state index contributed by atoms with van der Waals surface area (Å²) in [6.45, 7) is 14.8. The van der Waals surface area contributed by atoms with E-state index >= 15 is 0 Å². The van der Waals surface area contributed by atoms with Crippen LogP contribution in [-0.2, 0) is 9.53 Å². The number of nitrogens with one attached hydrogen (secondary N) is 1. The zero-order chi connectivity index (χ0) is 13.8. The van der Waals surface area contributed by atoms with E-state index in [2.05, 4.69) is 37.9 Å². The first-order valence-corrected chi connectivity index (χ1v) is 6.99. The Morgan fingerprint density at radius 2 is 1.89 bits per heavy atom. The molecule has 0 radical (unpaired) electrons. The van der Waals surface area contributed by atoms with Crippen molar-refractivity contribution in [3.05, 3.63) is 0 Å². The molecule has 1 saturated heterocycles. The molecule has 1 N–H and O–H groups in total. The van der Waals surface area contributed by atoms with Crippen LogP contribution in [0.2, 0.25) is 0 Å². The second-order valence-electron chi connectivity index (χ2n) is 6.14. The zero-order valence-corrected chi connectivity index (χ0v) is 12.5. The lowest BCUT2D eigenvalue weighted by molar-refractivity contribution is -0.153. The Bertz CT molecular complexity index is 267. The molecule has 0 aromatic heterocycles. The van der Waals surface area contributed by atoms with E-state index in [0.717, 1.165) is 26.2 Å². The third-order valence-corrected chi connectivity index (χ3v) is 3.91. The fourth-order valence-electron chi connectivity index (χ4n) is 2.33. The molecule has 0 aromatic rings. The maximum atomic E-state index is 12.2. The van der Waals surface area contributed by atoms with Gasteiger partial charge in [-0.25, -0.2) is 0 Å². The van der Waals surface area contributed by atoms with Crippen LogP contribution in [0.15, 0.2) is 0 Å². The van der Waals surface area contributed by atoms with Crippen molar-refractivity contribution in [1.29, 1.82) is 0 Å². The maximum absolute atomic E-state index is 12.2. The van der Waals surface area contributed by atoms with Gasteiger partial charge in [0.15, 0.2) is 0 Å². The van der Waals surface area contributed by atoms with Crippen LogP contribution in [0.3, 0.4) is 0 Å². The van der Waals surface area contributed by atoms with E-state index in [4.69, 9.17) is 4.74 Å². The first kappa shape index (κ1) is 15.4. The Kier molecular flexibility index (Phi) is 5.60. The van der Waals surface area contributed by atoms with Gasteiger partial charge in [-0.1, -0.05) is 27.7 Å². The van der Waals surface area contributed by atoms with Gasteiger partial charge < -0.3 is 10.1 Å². The molecule has 18 heavy (non-hydrogen) atoms. The normalized spacial score (nSPS) is 21.4. The van der Waals surface area contributed by atoms with Crippen molar-refractivity contribution in [2.45, 2.75) is 40.7 Å². The highest BCUT2D eigenvalue weighted by molar-refractivity contribution is 5.76. The molecule has 0 amide bonds. The van der Waals surface area contributed by atoms with Crippen molar-refractivity contribution < 1.29 is 9.53 Å². The van der Waals surface area contributed by atoms with Crippen LogP contribution in [0.25, 0.3) is 0 Å². The van der Waals surface area contributed by atoms with Crippen molar-refractivity contribution in [3.63, 3.8) is 0 Å². The van der Waals surface area contributed by atoms with Gasteiger partial charge in [0.2, 0.25) is 0 Å². The van der Waals surface area contributed by atoms with Crippen molar-refractivity contribution in [3.8, 4) is 0 Å². The number of rotatable bonds is 4. The maximum Gasteiger partial charge on any atom is 0.323 e. The second-order valence-corrected chi connectivity index (χ2v) is 6.14. The predicted molar refractivity (Wildman–Crippen MR) is 73.5 cm³/mol. The van der Waals surface area contributed by atoms with Crippen LogP contribution in [-0.4, -0.2) is 49.7 Å². The molecule has 1 aliphatic heterocycles. The molecule has 4 heteroatoms. The van der Waals surface area contributed by atoms with Crippen LogP contribution in [0.5, 0.6) is 0 Å². The van der Waals surface area contributed by atoms with Gasteiger partial charge in [0.1, 0.15) is 6.04 Å². The molecular weight excluding hydrogens is 228 g/mol. The molecule has 106 valence electrons. The fraction of sp³-hybridized carbons (Fsp3) is 0.929. The third kappa shape index (κ3) is 3.95. The monoisotopic (exact) mass is 256 g/mol. The van der Waals surface area contributed by atoms with E-state index in [9.17, 15) is 4.79 Å². The number of hydrogen-bond donors (Lipinski definition) is 1. The molecule has 0 bridgehead atoms. The Labute approximate surface area is 111 Å². The summed E-state index contributed by atoms with van der Waals surface area (Å²) in [7, 11) is 0. The van der Waals surface area contributed by atoms with Gasteiger partial charge in [0, 0.05) is 26.2 Å². The molecule has 2 unspecified atom stereocenters. The van der Waals surface area contributed by atoms with Gasteiger partial charge >= 0.3 is 5.97 Å². The van der Waals surface area contributed by atoms with E-state index in [0.29, 0.717) is 6.61 Å². The SMILES string of the molecule is CCOC(=O)C(C(C)C(C)(C)C)N1CCNCC1. The Morgan fingerprint density at radius 1 is 1.33 bits per heavy atom. The molecule has 2 atom stereocenters. The van der Waals surface area contributed by atoms with E-state index < -0.39 is 0 Å². The Morgan fingerprint density at radius 3 is 2.33 bits per heavy atom. The average Bonchev–Trinajstić information content (AvgIpc) is 2.29. The number of esters is 1. The van der Waals surface area contributed by atoms with E-state index in [-0.39, 0.29) is 23.3 Å². The summed E-state index contributed by atoms with van der Waals surface area (Å²) in [5.74, 6) is 0.205. The number of ether oxygens (including phenoxy) is 1. The number of hydrogen-bond acceptors (Lipinski definition) is 4. The molecule has 1 aliphatic rings. The summed E-state index contributed by atoms with van der Waals surface area (Å²) in [5, 5.41) is 3.32. The lowest BCUT2D eigenvalue weighted by atomic mass is 9.77. The largest absolute Gasteiger partial charge is 0.465 e. The highest BCUT2D eigenvalue weighted by Gasteiger charge is 2.38. The summed E-state index contributed by atoms with van der Waals surface area (Å²) in [6, 6.07) is -0.118. The van der Waals surface area contributed by atoms with E-state index in [1.807, 2.05) is 6.92 Å². The highest BCUT2D eigenvalue weighted by atomic mass is 16.5. The molecule has 4 nitrogen and oxygen atoms in total. The van der Waals surface area contributed by atoms with Gasteiger partial charge in [0.25, 0.3) is 0 Å². The summed E-state index contributed by atoms with van der Waals surface area (Å²) < 4.78 is 5.27. The summed E-state index contributed by atoms with van der Waals surface area (Å²) >= 11 is 0. The molecule has 0 saturated carbocycles. The minimum Gasteiger partial charge on any atom is -0.465 e. The van der Waals surface area contributed by atoms with Crippen LogP contribution < -0.4 is 5.32 Å². The molecule has 0 aromatic carbocycles. The lowest BCUT2D eigenvalue weighted by Gasteiger charge is -2.41. The second kappa shape index (κ2) is 6.53. The van der Waals surface area contributed by atoms with Crippen LogP contribution in [0.1, 0.15) is 34.6 Å². The average molecular weight is 256 g/mol. The van der Waals surface area contributed by atoms with Crippen LogP contribution in [0, 0.1) is 11.3 Å². The summed E-state index contributed by atoms with van der Waals surface area (Å²) in [5.41, 5.74) is 0.0995. The first-order valence-electron chi connectivity index (χ1n) is 6.99. The van der Waals surface area contributed by atoms with Gasteiger partial charge in [-0.15, -0.1) is 0 Å². The number of nitrogens with zero attached hydrogens (tertiary/aromatic N) is 1. The summed E-state index contributed by atoms with van der Waals surface area (Å²) in [6.07, 6.45) is 0. The minimum atomic E-state index is -0.118. The highest BCUT2D eigenvalue weighted by Crippen LogP contribution is 2.31. The van der Waals surface area contributed by atoms with Gasteiger partial charge in [-0.05, 0) is 18.3 Å². The van der Waals surface area contributed by atoms with Crippen molar-refractivity contribution in [2.24, 2.45) is 11.3 Å². The van der Waals surface area contributed by atoms with Crippen molar-refractivity contribution >= 4 is 5.97 Å². The Hall–Kier alpha value is -0.610. The van der Waals surface area contributed by atoms with Gasteiger partial charge in [0.05, 0.1) is 6.61 Å². The minimum absolute atomic E-state index is 0.0678. The summed E-state index contributed by atoms with van der Waals surface area (Å²) in [4.78, 5) is 14.5. The number of carbonyl (C=O) groups is 1. The molecule has 1 rings (SSSR count). The molecule has 0 aliphatic carbocycles. The van der Waals surface area contributed by atoms with Gasteiger partial charge in [-0.3, -0.25) is 9.69 Å². The standard InChI is InChI=1S/C14H28N2O2/c1-6-18-13(17)12(11(2)14(3,4)5)16-9-7-15-8-10-16/h11-12,15H,6-10H2,1-5H3. The molecular formula is C14H28N2O2. The first-order chi connectivity index (χ1) is 8.38. The van der Waals surface area contributed by atoms with Crippen LogP contribution >= 0.6 is 0 Å². The molecule has 0 spiro atoms. The van der Waals surface area contributed by atoms with E-state index in [1.54, 1.807) is 0 Å². The van der Waals surface area contributed by atoms with Crippen molar-refractivity contribution in [1.82, 2.24) is 10.2 Å². The topological polar surface area (TPSA) is 41.6 Å². The van der Waals surface area contributed by atoms with Crippen LogP contribution in [0.4, 0.5) is 0 Å². The zero-order valence-electron chi connectivity index (χ0n) is 12.5. The molecule has 1 heterocycles. The number of carbonyl (C=O) groups excluding carboxylic acids is 1.